The van der Waals surface area contributed by atoms with Gasteiger partial charge in [-0.2, -0.15) is 0 Å². The second kappa shape index (κ2) is 2.12. The Labute approximate surface area is 39.7 Å². The minimum atomic E-state index is -1.52. The van der Waals surface area contributed by atoms with E-state index in [-0.39, 0.29) is 0 Å². The Morgan fingerprint density at radius 3 is 2.17 bits per heavy atom. The van der Waals surface area contributed by atoms with Crippen molar-refractivity contribution in [2.75, 3.05) is 0 Å². The summed E-state index contributed by atoms with van der Waals surface area (Å²) in [6.45, 7) is 0. The van der Waals surface area contributed by atoms with E-state index in [4.69, 9.17) is 5.11 Å². The van der Waals surface area contributed by atoms with Crippen molar-refractivity contribution < 1.29 is 9.90 Å². The van der Waals surface area contributed by atoms with Crippen LogP contribution in [0.5, 0.6) is 0 Å². The molecule has 0 bridgehead atoms. The SMILES string of the molecule is NC(O)C(=O)Cl. The molecule has 3 N–H and O–H groups in total. The highest BCUT2D eigenvalue weighted by Crippen LogP contribution is 1.78. The number of hydrogen-bond donors (Lipinski definition) is 2. The number of carbonyl (C=O) groups is 1. The van der Waals surface area contributed by atoms with Gasteiger partial charge >= 0.3 is 0 Å². The zero-order valence-corrected chi connectivity index (χ0v) is 3.64. The van der Waals surface area contributed by atoms with Crippen LogP contribution in [0.15, 0.2) is 0 Å². The normalized spacial score (nSPS) is 13.8. The van der Waals surface area contributed by atoms with Crippen LogP contribution in [0.2, 0.25) is 0 Å². The maximum atomic E-state index is 9.53. The lowest BCUT2D eigenvalue weighted by atomic mass is 10.7. The molecular formula is C2H4ClNO2. The molecule has 0 aromatic rings. The minimum absolute atomic E-state index is 0.935. The summed E-state index contributed by atoms with van der Waals surface area (Å²) in [6.07, 6.45) is -1.52. The Hall–Kier alpha value is -0.120. The van der Waals surface area contributed by atoms with Crippen molar-refractivity contribution in [2.24, 2.45) is 5.73 Å². The lowest BCUT2D eigenvalue weighted by Gasteiger charge is -1.88. The summed E-state index contributed by atoms with van der Waals surface area (Å²) in [5.41, 5.74) is 4.51. The number of aliphatic hydroxyl groups excluding tert-OH is 1. The quantitative estimate of drug-likeness (QED) is 0.336. The fourth-order valence-electron chi connectivity index (χ4n) is 0. The third-order valence-electron chi connectivity index (χ3n) is 0.233. The highest BCUT2D eigenvalue weighted by molar-refractivity contribution is 6.64. The highest BCUT2D eigenvalue weighted by Gasteiger charge is 2.01. The molecule has 0 amide bonds. The van der Waals surface area contributed by atoms with E-state index in [1.165, 1.54) is 0 Å². The molecule has 0 aliphatic rings. The molecule has 0 aliphatic heterocycles. The van der Waals surface area contributed by atoms with Gasteiger partial charge in [-0.15, -0.1) is 0 Å². The summed E-state index contributed by atoms with van der Waals surface area (Å²) in [5.74, 6) is 0. The molecule has 0 aromatic carbocycles. The van der Waals surface area contributed by atoms with E-state index in [9.17, 15) is 4.79 Å². The van der Waals surface area contributed by atoms with Crippen LogP contribution < -0.4 is 5.73 Å². The molecule has 0 saturated heterocycles. The Morgan fingerprint density at radius 2 is 2.17 bits per heavy atom. The molecule has 6 heavy (non-hydrogen) atoms. The fraction of sp³-hybridized carbons (Fsp3) is 0.500. The first-order chi connectivity index (χ1) is 2.64. The van der Waals surface area contributed by atoms with Crippen molar-refractivity contribution >= 4 is 16.8 Å². The summed E-state index contributed by atoms with van der Waals surface area (Å²) >= 11 is 4.60. The summed E-state index contributed by atoms with van der Waals surface area (Å²) in [4.78, 5) is 9.53. The highest BCUT2D eigenvalue weighted by atomic mass is 35.5. The van der Waals surface area contributed by atoms with Crippen LogP contribution in [0.3, 0.4) is 0 Å². The van der Waals surface area contributed by atoms with Crippen molar-refractivity contribution in [3.8, 4) is 0 Å². The largest absolute Gasteiger partial charge is 0.370 e. The van der Waals surface area contributed by atoms with Gasteiger partial charge in [-0.1, -0.05) is 0 Å². The minimum Gasteiger partial charge on any atom is -0.370 e. The lowest BCUT2D eigenvalue weighted by molar-refractivity contribution is -0.118. The Morgan fingerprint density at radius 1 is 2.00 bits per heavy atom. The van der Waals surface area contributed by atoms with E-state index < -0.39 is 11.5 Å². The van der Waals surface area contributed by atoms with E-state index in [1.807, 2.05) is 0 Å². The first kappa shape index (κ1) is 5.88. The molecule has 0 spiro atoms. The van der Waals surface area contributed by atoms with Crippen LogP contribution in [0.1, 0.15) is 0 Å². The van der Waals surface area contributed by atoms with Gasteiger partial charge < -0.3 is 5.11 Å². The summed E-state index contributed by atoms with van der Waals surface area (Å²) < 4.78 is 0. The van der Waals surface area contributed by atoms with Gasteiger partial charge in [-0.25, -0.2) is 0 Å². The van der Waals surface area contributed by atoms with Gasteiger partial charge in [0.1, 0.15) is 0 Å². The van der Waals surface area contributed by atoms with Gasteiger partial charge in [-0.05, 0) is 11.6 Å². The smallest absolute Gasteiger partial charge is 0.264 e. The predicted molar refractivity (Wildman–Crippen MR) is 21.1 cm³/mol. The zero-order valence-electron chi connectivity index (χ0n) is 2.89. The number of aliphatic hydroxyl groups is 1. The summed E-state index contributed by atoms with van der Waals surface area (Å²) in [6, 6.07) is 0. The van der Waals surface area contributed by atoms with Gasteiger partial charge in [0.2, 0.25) is 0 Å². The van der Waals surface area contributed by atoms with Crippen molar-refractivity contribution in [1.82, 2.24) is 0 Å². The first-order valence-corrected chi connectivity index (χ1v) is 1.65. The monoisotopic (exact) mass is 109 g/mol. The molecular weight excluding hydrogens is 105 g/mol. The van der Waals surface area contributed by atoms with Crippen LogP contribution >= 0.6 is 11.6 Å². The van der Waals surface area contributed by atoms with Gasteiger partial charge in [0.15, 0.2) is 6.23 Å². The molecule has 0 rings (SSSR count). The van der Waals surface area contributed by atoms with Crippen molar-refractivity contribution in [1.29, 1.82) is 0 Å². The average molecular weight is 110 g/mol. The molecule has 3 nitrogen and oxygen atoms in total. The van der Waals surface area contributed by atoms with Crippen molar-refractivity contribution in [3.63, 3.8) is 0 Å². The Balaban J connectivity index is 3.26. The number of nitrogens with two attached hydrogens (primary N) is 1. The van der Waals surface area contributed by atoms with Crippen molar-refractivity contribution in [2.45, 2.75) is 6.23 Å². The standard InChI is InChI=1S/C2H4ClNO2/c3-1(5)2(4)6/h2,6H,4H2. The lowest BCUT2D eigenvalue weighted by Crippen LogP contribution is -2.25. The van der Waals surface area contributed by atoms with Gasteiger partial charge in [0.05, 0.1) is 0 Å². The second-order valence-electron chi connectivity index (χ2n) is 0.749. The number of carbonyl (C=O) groups excluding carboxylic acids is 1. The van der Waals surface area contributed by atoms with E-state index in [0.717, 1.165) is 0 Å². The number of rotatable bonds is 1. The topological polar surface area (TPSA) is 63.3 Å². The van der Waals surface area contributed by atoms with Crippen molar-refractivity contribution in [3.05, 3.63) is 0 Å². The number of hydrogen-bond acceptors (Lipinski definition) is 3. The third-order valence-corrected chi connectivity index (χ3v) is 0.456. The number of halogens is 1. The predicted octanol–water partition coefficient (Wildman–Crippen LogP) is -0.971. The van der Waals surface area contributed by atoms with Gasteiger partial charge in [0, 0.05) is 0 Å². The van der Waals surface area contributed by atoms with Crippen LogP contribution in [-0.4, -0.2) is 16.6 Å². The molecule has 0 heterocycles. The van der Waals surface area contributed by atoms with Gasteiger partial charge in [0.25, 0.3) is 5.24 Å². The fourth-order valence-corrected chi connectivity index (χ4v) is 0. The molecule has 0 fully saturated rings. The third kappa shape index (κ3) is 2.14. The van der Waals surface area contributed by atoms with E-state index >= 15 is 0 Å². The molecule has 0 aromatic heterocycles. The molecule has 0 radical (unpaired) electrons. The Bertz CT molecular complexity index is 62.6. The van der Waals surface area contributed by atoms with Crippen LogP contribution in [0, 0.1) is 0 Å². The van der Waals surface area contributed by atoms with E-state index in [2.05, 4.69) is 17.3 Å². The average Bonchev–Trinajstić information content (AvgIpc) is 1.36. The molecule has 1 atom stereocenters. The molecule has 1 unspecified atom stereocenters. The maximum Gasteiger partial charge on any atom is 0.264 e. The molecule has 36 valence electrons. The zero-order chi connectivity index (χ0) is 5.15. The van der Waals surface area contributed by atoms with Gasteiger partial charge in [-0.3, -0.25) is 10.5 Å². The summed E-state index contributed by atoms with van der Waals surface area (Å²) in [7, 11) is 0. The summed E-state index contributed by atoms with van der Waals surface area (Å²) in [5, 5.41) is 6.99. The molecule has 0 saturated carbocycles. The van der Waals surface area contributed by atoms with Crippen LogP contribution in [0.4, 0.5) is 0 Å². The first-order valence-electron chi connectivity index (χ1n) is 1.27. The Kier molecular flexibility index (Phi) is 2.08. The van der Waals surface area contributed by atoms with E-state index in [1.54, 1.807) is 0 Å². The second-order valence-corrected chi connectivity index (χ2v) is 1.12. The molecule has 4 heteroatoms. The van der Waals surface area contributed by atoms with E-state index in [0.29, 0.717) is 0 Å². The maximum absolute atomic E-state index is 9.53. The molecule has 0 aliphatic carbocycles. The van der Waals surface area contributed by atoms with Crippen LogP contribution in [-0.2, 0) is 4.79 Å². The van der Waals surface area contributed by atoms with Crippen LogP contribution in [0.25, 0.3) is 0 Å².